The van der Waals surface area contributed by atoms with E-state index in [-0.39, 0.29) is 23.9 Å². The van der Waals surface area contributed by atoms with Gasteiger partial charge in [0.15, 0.2) is 12.2 Å². The van der Waals surface area contributed by atoms with Crippen molar-refractivity contribution in [3.8, 4) is 0 Å². The zero-order valence-electron chi connectivity index (χ0n) is 21.2. The van der Waals surface area contributed by atoms with Crippen LogP contribution in [-0.2, 0) is 29.2 Å². The smallest absolute Gasteiger partial charge is 0.335 e. The molecule has 4 N–H and O–H groups in total. The Balaban J connectivity index is 0.000000548. The highest BCUT2D eigenvalue weighted by Gasteiger charge is 2.56. The molecule has 0 bridgehead atoms. The molecule has 0 radical (unpaired) electrons. The van der Waals surface area contributed by atoms with Gasteiger partial charge in [0.1, 0.15) is 0 Å². The maximum Gasteiger partial charge on any atom is 0.335 e. The summed E-state index contributed by atoms with van der Waals surface area (Å²) in [6.45, 7) is 9.55. The second kappa shape index (κ2) is 13.9. The van der Waals surface area contributed by atoms with E-state index in [0.29, 0.717) is 25.8 Å². The first-order valence-corrected chi connectivity index (χ1v) is 13.9. The van der Waals surface area contributed by atoms with Crippen molar-refractivity contribution in [3.63, 3.8) is 0 Å². The van der Waals surface area contributed by atoms with Crippen molar-refractivity contribution in [1.82, 2.24) is 14.1 Å². The molecule has 2 heterocycles. The Hall–Kier alpha value is -2.29. The largest absolute Gasteiger partial charge is 0.479 e. The Bertz CT molecular complexity index is 875. The van der Waals surface area contributed by atoms with Crippen LogP contribution >= 0.6 is 0 Å². The quantitative estimate of drug-likeness (QED) is 0.243. The number of fused-ring (bicyclic) bond motifs is 1. The monoisotopic (exact) mass is 537 g/mol. The van der Waals surface area contributed by atoms with Gasteiger partial charge in [-0.1, -0.05) is 27.2 Å². The first-order chi connectivity index (χ1) is 16.7. The van der Waals surface area contributed by atoms with Crippen LogP contribution in [-0.4, -0.2) is 123 Å². The van der Waals surface area contributed by atoms with Crippen LogP contribution in [0.25, 0.3) is 0 Å². The molecule has 14 heteroatoms. The van der Waals surface area contributed by atoms with Gasteiger partial charge in [0.25, 0.3) is 0 Å². The third kappa shape index (κ3) is 7.85. The average Bonchev–Trinajstić information content (AvgIpc) is 3.33. The van der Waals surface area contributed by atoms with Crippen molar-refractivity contribution >= 4 is 33.8 Å². The van der Waals surface area contributed by atoms with Gasteiger partial charge in [0, 0.05) is 13.0 Å². The molecule has 2 fully saturated rings. The number of hydrogen-bond donors (Lipinski definition) is 4. The predicted molar refractivity (Wildman–Crippen MR) is 128 cm³/mol. The molecule has 2 saturated heterocycles. The fourth-order valence-electron chi connectivity index (χ4n) is 4.73. The minimum atomic E-state index is -3.60. The zero-order chi connectivity index (χ0) is 27.8. The van der Waals surface area contributed by atoms with Crippen LogP contribution in [0.3, 0.4) is 0 Å². The van der Waals surface area contributed by atoms with Crippen molar-refractivity contribution in [3.05, 3.63) is 0 Å². The molecule has 2 aliphatic rings. The number of hydrogen-bond acceptors (Lipinski definition) is 9. The van der Waals surface area contributed by atoms with E-state index in [0.717, 1.165) is 43.0 Å². The second-order valence-corrected chi connectivity index (χ2v) is 10.8. The molecule has 0 aromatic rings. The molecule has 0 aliphatic carbocycles. The Kier molecular flexibility index (Phi) is 12.2. The molecule has 0 saturated carbocycles. The molecule has 2 amide bonds. The first kappa shape index (κ1) is 31.7. The number of aliphatic carboxylic acids is 2. The molecule has 13 nitrogen and oxygen atoms in total. The van der Waals surface area contributed by atoms with Crippen LogP contribution in [0.2, 0.25) is 0 Å². The van der Waals surface area contributed by atoms with E-state index in [2.05, 4.69) is 18.7 Å². The van der Waals surface area contributed by atoms with E-state index in [1.54, 1.807) is 4.90 Å². The number of carbonyl (C=O) groups excluding carboxylic acids is 2. The van der Waals surface area contributed by atoms with Gasteiger partial charge in [-0.15, -0.1) is 0 Å². The molecule has 0 aromatic heterocycles. The number of aliphatic hydroxyl groups is 2. The van der Waals surface area contributed by atoms with Crippen LogP contribution in [0.5, 0.6) is 0 Å². The molecule has 36 heavy (non-hydrogen) atoms. The van der Waals surface area contributed by atoms with Crippen LogP contribution in [0, 0.1) is 5.92 Å². The Morgan fingerprint density at radius 2 is 1.58 bits per heavy atom. The summed E-state index contributed by atoms with van der Waals surface area (Å²) < 4.78 is 25.3. The number of aliphatic hydroxyl groups excluding tert-OH is 2. The summed E-state index contributed by atoms with van der Waals surface area (Å²) in [7, 11) is -3.60. The topological polar surface area (TPSA) is 193 Å². The van der Waals surface area contributed by atoms with Crippen LogP contribution in [0.1, 0.15) is 52.9 Å². The summed E-state index contributed by atoms with van der Waals surface area (Å²) in [5, 5.41) is 32.5. The number of rotatable bonds is 12. The number of amides is 2. The average molecular weight is 538 g/mol. The van der Waals surface area contributed by atoms with Crippen molar-refractivity contribution in [2.75, 3.05) is 32.4 Å². The van der Waals surface area contributed by atoms with E-state index in [1.165, 1.54) is 0 Å². The van der Waals surface area contributed by atoms with E-state index in [4.69, 9.17) is 20.4 Å². The molecule has 0 spiro atoms. The highest BCUT2D eigenvalue weighted by atomic mass is 32.2. The molecule has 5 atom stereocenters. The van der Waals surface area contributed by atoms with Crippen molar-refractivity contribution in [2.24, 2.45) is 5.92 Å². The summed E-state index contributed by atoms with van der Waals surface area (Å²) in [6, 6.07) is -0.682. The molecule has 208 valence electrons. The van der Waals surface area contributed by atoms with Crippen molar-refractivity contribution < 1.29 is 48.0 Å². The minimum absolute atomic E-state index is 0.0499. The van der Waals surface area contributed by atoms with Crippen molar-refractivity contribution in [1.29, 1.82) is 0 Å². The van der Waals surface area contributed by atoms with Gasteiger partial charge in [0.05, 0.1) is 24.3 Å². The molecular weight excluding hydrogens is 498 g/mol. The van der Waals surface area contributed by atoms with Crippen LogP contribution in [0.4, 0.5) is 0 Å². The zero-order valence-corrected chi connectivity index (χ0v) is 22.1. The molecule has 2 unspecified atom stereocenters. The SMILES string of the molecule is CCC[C@H]1C(=O)N(S(C)(=O)=O)[C@H]2CCN(C(=O)CCCN(CC)CC)[C@H]12.O=C(O)C(O)C(O)C(=O)O. The standard InChI is InChI=1S/C18H33N3O4S.C4H6O6/c1-5-9-14-17-15(21(18(14)23)26(4,24)25)11-13-20(17)16(22)10-8-12-19(6-2)7-3;5-1(3(7)8)2(6)4(9)10/h14-15,17H,5-13H2,1-4H3;1-2,5-6H,(H,7,8)(H,9,10)/t14-,15+,17-;/m1./s1. The summed E-state index contributed by atoms with van der Waals surface area (Å²) in [4.78, 5) is 49.1. The lowest BCUT2D eigenvalue weighted by molar-refractivity contribution is -0.165. The van der Waals surface area contributed by atoms with E-state index in [1.807, 2.05) is 6.92 Å². The van der Waals surface area contributed by atoms with Gasteiger partial charge in [-0.05, 0) is 38.9 Å². The number of carbonyl (C=O) groups is 4. The van der Waals surface area contributed by atoms with Gasteiger partial charge in [0.2, 0.25) is 21.8 Å². The molecule has 2 aliphatic heterocycles. The number of carboxylic acids is 2. The Morgan fingerprint density at radius 1 is 1.06 bits per heavy atom. The molecule has 2 rings (SSSR count). The predicted octanol–water partition coefficient (Wildman–Crippen LogP) is -0.827. The minimum Gasteiger partial charge on any atom is -0.479 e. The lowest BCUT2D eigenvalue weighted by Gasteiger charge is -2.28. The van der Waals surface area contributed by atoms with Gasteiger partial charge in [-0.2, -0.15) is 0 Å². The van der Waals surface area contributed by atoms with E-state index in [9.17, 15) is 27.6 Å². The van der Waals surface area contributed by atoms with E-state index < -0.39 is 40.1 Å². The number of sulfonamides is 1. The highest BCUT2D eigenvalue weighted by Crippen LogP contribution is 2.40. The highest BCUT2D eigenvalue weighted by molar-refractivity contribution is 7.88. The van der Waals surface area contributed by atoms with Gasteiger partial charge < -0.3 is 30.2 Å². The maximum atomic E-state index is 12.8. The second-order valence-electron chi connectivity index (χ2n) is 8.92. The van der Waals surface area contributed by atoms with Crippen LogP contribution < -0.4 is 0 Å². The normalized spacial score (nSPS) is 23.2. The van der Waals surface area contributed by atoms with Crippen LogP contribution in [0.15, 0.2) is 0 Å². The molecule has 0 aromatic carbocycles. The number of nitrogens with zero attached hydrogens (tertiary/aromatic N) is 3. The summed E-state index contributed by atoms with van der Waals surface area (Å²) in [6.07, 6.45) is -0.246. The first-order valence-electron chi connectivity index (χ1n) is 12.1. The van der Waals surface area contributed by atoms with Gasteiger partial charge in [-0.25, -0.2) is 22.3 Å². The van der Waals surface area contributed by atoms with Gasteiger partial charge >= 0.3 is 11.9 Å². The summed E-state index contributed by atoms with van der Waals surface area (Å²) >= 11 is 0. The number of carboxylic acid groups (broad SMARTS) is 2. The fourth-order valence-corrected chi connectivity index (χ4v) is 5.91. The molecular formula is C22H39N3O10S. The Labute approximate surface area is 211 Å². The third-order valence-corrected chi connectivity index (χ3v) is 7.67. The summed E-state index contributed by atoms with van der Waals surface area (Å²) in [5.74, 6) is -4.21. The third-order valence-electron chi connectivity index (χ3n) is 6.51. The maximum absolute atomic E-state index is 12.8. The lowest BCUT2D eigenvalue weighted by Crippen LogP contribution is -2.43. The lowest BCUT2D eigenvalue weighted by atomic mass is 9.94. The summed E-state index contributed by atoms with van der Waals surface area (Å²) in [5.41, 5.74) is 0. The Morgan fingerprint density at radius 3 is 2.00 bits per heavy atom. The van der Waals surface area contributed by atoms with E-state index >= 15 is 0 Å². The van der Waals surface area contributed by atoms with Crippen molar-refractivity contribution in [2.45, 2.75) is 77.2 Å². The number of likely N-dealkylation sites (tertiary alicyclic amines) is 1. The van der Waals surface area contributed by atoms with Gasteiger partial charge in [-0.3, -0.25) is 9.59 Å². The fraction of sp³-hybridized carbons (Fsp3) is 0.818.